The number of likely N-dealkylation sites (tertiary alicyclic amines) is 1. The van der Waals surface area contributed by atoms with Crippen molar-refractivity contribution < 1.29 is 9.53 Å². The molecule has 1 aromatic rings. The number of fused-ring (bicyclic) bond motifs is 1. The fourth-order valence-electron chi connectivity index (χ4n) is 3.18. The normalized spacial score (nSPS) is 26.1. The minimum atomic E-state index is -0.407. The number of nitrogens with one attached hydrogen (secondary N) is 1. The molecule has 0 spiro atoms. The van der Waals surface area contributed by atoms with Crippen LogP contribution in [0, 0.1) is 0 Å². The summed E-state index contributed by atoms with van der Waals surface area (Å²) >= 11 is 0. The van der Waals surface area contributed by atoms with Crippen LogP contribution in [-0.4, -0.2) is 43.6 Å². The van der Waals surface area contributed by atoms with E-state index in [0.717, 1.165) is 37.9 Å². The zero-order valence-corrected chi connectivity index (χ0v) is 12.0. The van der Waals surface area contributed by atoms with Crippen LogP contribution in [0.5, 0.6) is 0 Å². The molecule has 0 radical (unpaired) electrons. The van der Waals surface area contributed by atoms with Gasteiger partial charge in [0.25, 0.3) is 5.91 Å². The van der Waals surface area contributed by atoms with E-state index in [0.29, 0.717) is 12.6 Å². The summed E-state index contributed by atoms with van der Waals surface area (Å²) in [6.07, 6.45) is 2.70. The SMILES string of the molecule is CN[C@H]1CCCN(C(=O)[C@@H]2OCCc3ccccc32)C1. The number of hydrogen-bond acceptors (Lipinski definition) is 3. The average Bonchev–Trinajstić information content (AvgIpc) is 2.53. The molecule has 20 heavy (non-hydrogen) atoms. The maximum atomic E-state index is 12.8. The maximum absolute atomic E-state index is 12.8. The third-order valence-electron chi connectivity index (χ3n) is 4.36. The molecule has 1 saturated heterocycles. The van der Waals surface area contributed by atoms with Crippen molar-refractivity contribution in [1.29, 1.82) is 0 Å². The molecule has 3 rings (SSSR count). The molecule has 2 atom stereocenters. The van der Waals surface area contributed by atoms with Gasteiger partial charge >= 0.3 is 0 Å². The molecule has 2 aliphatic rings. The van der Waals surface area contributed by atoms with E-state index in [2.05, 4.69) is 11.4 Å². The van der Waals surface area contributed by atoms with E-state index in [4.69, 9.17) is 4.74 Å². The first-order valence-electron chi connectivity index (χ1n) is 7.45. The predicted octanol–water partition coefficient (Wildman–Crippen LogP) is 1.51. The van der Waals surface area contributed by atoms with Gasteiger partial charge in [0.15, 0.2) is 6.10 Å². The number of hydrogen-bond donors (Lipinski definition) is 1. The number of benzene rings is 1. The molecule has 0 saturated carbocycles. The molecule has 4 heteroatoms. The van der Waals surface area contributed by atoms with Gasteiger partial charge in [0.2, 0.25) is 0 Å². The van der Waals surface area contributed by atoms with Gasteiger partial charge in [0.05, 0.1) is 6.61 Å². The Morgan fingerprint density at radius 3 is 3.10 bits per heavy atom. The number of ether oxygens (including phenoxy) is 1. The quantitative estimate of drug-likeness (QED) is 0.889. The molecule has 4 nitrogen and oxygen atoms in total. The Morgan fingerprint density at radius 1 is 1.40 bits per heavy atom. The second-order valence-electron chi connectivity index (χ2n) is 5.61. The largest absolute Gasteiger partial charge is 0.363 e. The maximum Gasteiger partial charge on any atom is 0.256 e. The van der Waals surface area contributed by atoms with Crippen molar-refractivity contribution in [2.75, 3.05) is 26.7 Å². The molecule has 1 fully saturated rings. The second kappa shape index (κ2) is 5.94. The van der Waals surface area contributed by atoms with Gasteiger partial charge in [-0.3, -0.25) is 4.79 Å². The lowest BCUT2D eigenvalue weighted by molar-refractivity contribution is -0.146. The molecule has 1 amide bonds. The van der Waals surface area contributed by atoms with E-state index in [1.807, 2.05) is 30.1 Å². The van der Waals surface area contributed by atoms with Gasteiger partial charge in [0.1, 0.15) is 0 Å². The minimum Gasteiger partial charge on any atom is -0.363 e. The number of carbonyl (C=O) groups excluding carboxylic acids is 1. The summed E-state index contributed by atoms with van der Waals surface area (Å²) in [4.78, 5) is 14.7. The van der Waals surface area contributed by atoms with E-state index < -0.39 is 6.10 Å². The summed E-state index contributed by atoms with van der Waals surface area (Å²) < 4.78 is 5.78. The first-order chi connectivity index (χ1) is 9.79. The number of piperidine rings is 1. The lowest BCUT2D eigenvalue weighted by Gasteiger charge is -2.36. The summed E-state index contributed by atoms with van der Waals surface area (Å²) in [5.74, 6) is 0.122. The molecular weight excluding hydrogens is 252 g/mol. The fraction of sp³-hybridized carbons (Fsp3) is 0.562. The molecule has 0 unspecified atom stereocenters. The Morgan fingerprint density at radius 2 is 2.25 bits per heavy atom. The van der Waals surface area contributed by atoms with E-state index in [9.17, 15) is 4.79 Å². The molecule has 0 aromatic heterocycles. The first-order valence-corrected chi connectivity index (χ1v) is 7.45. The Hall–Kier alpha value is -1.39. The van der Waals surface area contributed by atoms with Crippen molar-refractivity contribution in [2.24, 2.45) is 0 Å². The highest BCUT2D eigenvalue weighted by molar-refractivity contribution is 5.83. The van der Waals surface area contributed by atoms with Gasteiger partial charge in [0, 0.05) is 19.1 Å². The molecule has 0 aliphatic carbocycles. The van der Waals surface area contributed by atoms with Crippen molar-refractivity contribution in [3.8, 4) is 0 Å². The first kappa shape index (κ1) is 13.6. The van der Waals surface area contributed by atoms with Crippen LogP contribution in [0.2, 0.25) is 0 Å². The smallest absolute Gasteiger partial charge is 0.256 e. The summed E-state index contributed by atoms with van der Waals surface area (Å²) in [6, 6.07) is 8.55. The number of amides is 1. The minimum absolute atomic E-state index is 0.122. The zero-order valence-electron chi connectivity index (χ0n) is 12.0. The van der Waals surface area contributed by atoms with Crippen LogP contribution in [0.15, 0.2) is 24.3 Å². The molecule has 1 N–H and O–H groups in total. The van der Waals surface area contributed by atoms with Crippen molar-refractivity contribution in [2.45, 2.75) is 31.4 Å². The molecule has 0 bridgehead atoms. The third kappa shape index (κ3) is 2.58. The van der Waals surface area contributed by atoms with Crippen LogP contribution in [0.3, 0.4) is 0 Å². The lowest BCUT2D eigenvalue weighted by Crippen LogP contribution is -2.49. The highest BCUT2D eigenvalue weighted by Crippen LogP contribution is 2.29. The molecule has 2 heterocycles. The number of carbonyl (C=O) groups is 1. The number of likely N-dealkylation sites (N-methyl/N-ethyl adjacent to an activating group) is 1. The van der Waals surface area contributed by atoms with Crippen LogP contribution in [0.1, 0.15) is 30.1 Å². The summed E-state index contributed by atoms with van der Waals surface area (Å²) in [7, 11) is 1.96. The fourth-order valence-corrected chi connectivity index (χ4v) is 3.18. The van der Waals surface area contributed by atoms with Crippen LogP contribution >= 0.6 is 0 Å². The van der Waals surface area contributed by atoms with Gasteiger partial charge in [-0.2, -0.15) is 0 Å². The lowest BCUT2D eigenvalue weighted by atomic mass is 9.96. The monoisotopic (exact) mass is 274 g/mol. The Balaban J connectivity index is 1.78. The second-order valence-corrected chi connectivity index (χ2v) is 5.61. The van der Waals surface area contributed by atoms with Crippen LogP contribution in [-0.2, 0) is 16.0 Å². The van der Waals surface area contributed by atoms with Crippen LogP contribution in [0.4, 0.5) is 0 Å². The van der Waals surface area contributed by atoms with Gasteiger partial charge < -0.3 is 15.0 Å². The van der Waals surface area contributed by atoms with Gasteiger partial charge in [-0.25, -0.2) is 0 Å². The Bertz CT molecular complexity index is 489. The van der Waals surface area contributed by atoms with Crippen molar-refractivity contribution >= 4 is 5.91 Å². The highest BCUT2D eigenvalue weighted by Gasteiger charge is 2.32. The average molecular weight is 274 g/mol. The zero-order chi connectivity index (χ0) is 13.9. The summed E-state index contributed by atoms with van der Waals surface area (Å²) in [6.45, 7) is 2.27. The standard InChI is InChI=1S/C16H22N2O2/c1-17-13-6-4-9-18(11-13)16(19)15-14-7-3-2-5-12(14)8-10-20-15/h2-3,5,7,13,15,17H,4,6,8-11H2,1H3/t13-,15+/m0/s1. The Kier molecular flexibility index (Phi) is 4.03. The summed E-state index contributed by atoms with van der Waals surface area (Å²) in [5, 5.41) is 3.28. The molecule has 1 aromatic carbocycles. The topological polar surface area (TPSA) is 41.6 Å². The van der Waals surface area contributed by atoms with Crippen LogP contribution < -0.4 is 5.32 Å². The molecule has 108 valence electrons. The third-order valence-corrected chi connectivity index (χ3v) is 4.36. The van der Waals surface area contributed by atoms with Gasteiger partial charge in [-0.15, -0.1) is 0 Å². The summed E-state index contributed by atoms with van der Waals surface area (Å²) in [5.41, 5.74) is 2.30. The van der Waals surface area contributed by atoms with Crippen LogP contribution in [0.25, 0.3) is 0 Å². The van der Waals surface area contributed by atoms with Gasteiger partial charge in [-0.1, -0.05) is 24.3 Å². The molecule has 2 aliphatic heterocycles. The van der Waals surface area contributed by atoms with E-state index in [-0.39, 0.29) is 5.91 Å². The van der Waals surface area contributed by atoms with Crippen molar-refractivity contribution in [1.82, 2.24) is 10.2 Å². The van der Waals surface area contributed by atoms with Crippen molar-refractivity contribution in [3.63, 3.8) is 0 Å². The number of rotatable bonds is 2. The van der Waals surface area contributed by atoms with E-state index in [1.54, 1.807) is 0 Å². The number of nitrogens with zero attached hydrogens (tertiary/aromatic N) is 1. The Labute approximate surface area is 120 Å². The highest BCUT2D eigenvalue weighted by atomic mass is 16.5. The molecular formula is C16H22N2O2. The van der Waals surface area contributed by atoms with E-state index in [1.165, 1.54) is 5.56 Å². The predicted molar refractivity (Wildman–Crippen MR) is 77.5 cm³/mol. The van der Waals surface area contributed by atoms with Crippen molar-refractivity contribution in [3.05, 3.63) is 35.4 Å². The van der Waals surface area contributed by atoms with E-state index >= 15 is 0 Å². The van der Waals surface area contributed by atoms with Gasteiger partial charge in [-0.05, 0) is 37.4 Å².